The normalized spacial score (nSPS) is 13.3. The van der Waals surface area contributed by atoms with Gasteiger partial charge in [0.05, 0.1) is 16.8 Å². The summed E-state index contributed by atoms with van der Waals surface area (Å²) in [6.07, 6.45) is 0. The molecule has 1 aliphatic heterocycles. The van der Waals surface area contributed by atoms with Crippen molar-refractivity contribution in [3.8, 4) is 45.3 Å². The van der Waals surface area contributed by atoms with Gasteiger partial charge in [0.1, 0.15) is 0 Å². The highest BCUT2D eigenvalue weighted by Gasteiger charge is 2.52. The molecule has 1 spiro atoms. The first kappa shape index (κ1) is 28.4. The Hall–Kier alpha value is -6.65. The van der Waals surface area contributed by atoms with E-state index in [4.69, 9.17) is 15.0 Å². The summed E-state index contributed by atoms with van der Waals surface area (Å²) >= 11 is 0. The summed E-state index contributed by atoms with van der Waals surface area (Å²) in [5.41, 5.74) is 13.1. The second-order valence-electron chi connectivity index (χ2n) is 12.8. The van der Waals surface area contributed by atoms with Crippen molar-refractivity contribution in [2.45, 2.75) is 5.41 Å². The number of para-hydroxylation sites is 3. The van der Waals surface area contributed by atoms with Crippen molar-refractivity contribution in [2.24, 2.45) is 0 Å². The number of benzene rings is 7. The lowest BCUT2D eigenvalue weighted by molar-refractivity contribution is 0.753. The second-order valence-corrected chi connectivity index (χ2v) is 12.8. The van der Waals surface area contributed by atoms with Crippen molar-refractivity contribution >= 4 is 17.1 Å². The fourth-order valence-electron chi connectivity index (χ4n) is 8.11. The quantitative estimate of drug-likeness (QED) is 0.192. The molecule has 0 radical (unpaired) electrons. The van der Waals surface area contributed by atoms with E-state index in [-0.39, 0.29) is 0 Å². The molecule has 10 rings (SSSR count). The summed E-state index contributed by atoms with van der Waals surface area (Å²) in [7, 11) is 0. The maximum Gasteiger partial charge on any atom is 0.166 e. The molecule has 4 nitrogen and oxygen atoms in total. The van der Waals surface area contributed by atoms with Gasteiger partial charge in [-0.05, 0) is 57.6 Å². The number of hydrogen-bond donors (Lipinski definition) is 0. The summed E-state index contributed by atoms with van der Waals surface area (Å²) in [4.78, 5) is 17.9. The molecule has 0 fully saturated rings. The molecule has 234 valence electrons. The molecule has 0 saturated carbocycles. The molecule has 0 saturated heterocycles. The van der Waals surface area contributed by atoms with Crippen LogP contribution in [0.25, 0.3) is 45.3 Å². The van der Waals surface area contributed by atoms with Gasteiger partial charge in [-0.15, -0.1) is 0 Å². The fourth-order valence-corrected chi connectivity index (χ4v) is 8.11. The molecule has 0 N–H and O–H groups in total. The largest absolute Gasteiger partial charge is 0.309 e. The average molecular weight is 639 g/mol. The predicted molar refractivity (Wildman–Crippen MR) is 202 cm³/mol. The van der Waals surface area contributed by atoms with Gasteiger partial charge in [0.15, 0.2) is 17.5 Å². The zero-order valence-corrected chi connectivity index (χ0v) is 27.1. The Morgan fingerprint density at radius 2 is 0.780 bits per heavy atom. The number of fused-ring (bicyclic) bond motifs is 9. The first-order chi connectivity index (χ1) is 24.8. The molecule has 0 bridgehead atoms. The third-order valence-electron chi connectivity index (χ3n) is 10.1. The van der Waals surface area contributed by atoms with Gasteiger partial charge < -0.3 is 4.90 Å². The molecular weight excluding hydrogens is 609 g/mol. The summed E-state index contributed by atoms with van der Waals surface area (Å²) in [6.45, 7) is 0. The van der Waals surface area contributed by atoms with Gasteiger partial charge in [-0.2, -0.15) is 0 Å². The molecule has 4 heteroatoms. The highest BCUT2D eigenvalue weighted by Crippen LogP contribution is 2.64. The van der Waals surface area contributed by atoms with Crippen LogP contribution in [0.2, 0.25) is 0 Å². The SMILES string of the molecule is c1ccc(-c2nc(-c3ccccc3)nc(-c3cccc4c3N(c3ccccc3)c3ccccc3C43c4ccccc4-c4ccccc43)n2)cc1. The Balaban J connectivity index is 1.34. The van der Waals surface area contributed by atoms with E-state index >= 15 is 0 Å². The standard InChI is InChI=1S/C46H30N4/c1-4-17-31(18-5-1)43-47-44(32-19-6-2-7-20-32)49-45(48-43)36-25-16-29-40-42(36)50(33-21-8-3-9-22-33)41-30-15-14-28-39(41)46(40)37-26-12-10-23-34(37)35-24-11-13-27-38(35)46/h1-30H. The van der Waals surface area contributed by atoms with E-state index in [9.17, 15) is 0 Å². The highest BCUT2D eigenvalue weighted by atomic mass is 15.2. The van der Waals surface area contributed by atoms with E-state index in [1.807, 2.05) is 36.4 Å². The Bertz CT molecular complexity index is 2440. The van der Waals surface area contributed by atoms with E-state index in [1.54, 1.807) is 0 Å². The Kier molecular flexibility index (Phi) is 6.36. The van der Waals surface area contributed by atoms with E-state index in [1.165, 1.54) is 33.4 Å². The first-order valence-electron chi connectivity index (χ1n) is 17.0. The van der Waals surface area contributed by atoms with Gasteiger partial charge in [-0.3, -0.25) is 0 Å². The number of nitrogens with zero attached hydrogens (tertiary/aromatic N) is 4. The Morgan fingerprint density at radius 1 is 0.340 bits per heavy atom. The molecule has 2 aliphatic rings. The zero-order valence-electron chi connectivity index (χ0n) is 27.1. The predicted octanol–water partition coefficient (Wildman–Crippen LogP) is 11.0. The van der Waals surface area contributed by atoms with Gasteiger partial charge in [0.25, 0.3) is 0 Å². The minimum atomic E-state index is -0.558. The van der Waals surface area contributed by atoms with Crippen molar-refractivity contribution in [1.29, 1.82) is 0 Å². The van der Waals surface area contributed by atoms with Crippen LogP contribution >= 0.6 is 0 Å². The fraction of sp³-hybridized carbons (Fsp3) is 0.0217. The summed E-state index contributed by atoms with van der Waals surface area (Å²) in [5.74, 6) is 1.91. The van der Waals surface area contributed by atoms with E-state index in [2.05, 4.69) is 150 Å². The minimum absolute atomic E-state index is 0.558. The van der Waals surface area contributed by atoms with Crippen LogP contribution in [0, 0.1) is 0 Å². The Morgan fingerprint density at radius 3 is 1.38 bits per heavy atom. The second kappa shape index (κ2) is 11.2. The molecule has 0 unspecified atom stereocenters. The number of anilines is 3. The monoisotopic (exact) mass is 638 g/mol. The number of hydrogen-bond acceptors (Lipinski definition) is 4. The van der Waals surface area contributed by atoms with Crippen LogP contribution in [0.5, 0.6) is 0 Å². The zero-order chi connectivity index (χ0) is 33.1. The van der Waals surface area contributed by atoms with Crippen LogP contribution in [0.3, 0.4) is 0 Å². The van der Waals surface area contributed by atoms with Gasteiger partial charge in [0.2, 0.25) is 0 Å². The smallest absolute Gasteiger partial charge is 0.166 e. The molecule has 2 heterocycles. The van der Waals surface area contributed by atoms with Gasteiger partial charge >= 0.3 is 0 Å². The van der Waals surface area contributed by atoms with E-state index in [0.717, 1.165) is 33.8 Å². The molecule has 0 amide bonds. The molecule has 7 aromatic carbocycles. The van der Waals surface area contributed by atoms with Gasteiger partial charge in [0, 0.05) is 22.4 Å². The lowest BCUT2D eigenvalue weighted by Gasteiger charge is -2.45. The highest BCUT2D eigenvalue weighted by molar-refractivity contribution is 5.99. The summed E-state index contributed by atoms with van der Waals surface area (Å²) in [5, 5.41) is 0. The molecule has 0 atom stereocenters. The third kappa shape index (κ3) is 4.09. The van der Waals surface area contributed by atoms with Crippen molar-refractivity contribution in [3.63, 3.8) is 0 Å². The summed E-state index contributed by atoms with van der Waals surface area (Å²) < 4.78 is 0. The van der Waals surface area contributed by atoms with E-state index < -0.39 is 5.41 Å². The molecule has 1 aromatic heterocycles. The van der Waals surface area contributed by atoms with Crippen molar-refractivity contribution < 1.29 is 0 Å². The van der Waals surface area contributed by atoms with E-state index in [0.29, 0.717) is 17.5 Å². The van der Waals surface area contributed by atoms with Crippen molar-refractivity contribution in [2.75, 3.05) is 4.90 Å². The molecule has 50 heavy (non-hydrogen) atoms. The van der Waals surface area contributed by atoms with Crippen LogP contribution < -0.4 is 4.90 Å². The molecule has 8 aromatic rings. The number of rotatable bonds is 4. The summed E-state index contributed by atoms with van der Waals surface area (Å²) in [6, 6.07) is 64.4. The van der Waals surface area contributed by atoms with Crippen LogP contribution in [-0.2, 0) is 5.41 Å². The minimum Gasteiger partial charge on any atom is -0.309 e. The first-order valence-corrected chi connectivity index (χ1v) is 17.0. The maximum atomic E-state index is 5.25. The van der Waals surface area contributed by atoms with Gasteiger partial charge in [-0.25, -0.2) is 15.0 Å². The average Bonchev–Trinajstić information content (AvgIpc) is 3.49. The maximum absolute atomic E-state index is 5.25. The van der Waals surface area contributed by atoms with Crippen molar-refractivity contribution in [3.05, 3.63) is 204 Å². The lowest BCUT2D eigenvalue weighted by Crippen LogP contribution is -2.36. The molecule has 1 aliphatic carbocycles. The Labute approximate surface area is 291 Å². The van der Waals surface area contributed by atoms with Crippen LogP contribution in [0.4, 0.5) is 17.1 Å². The topological polar surface area (TPSA) is 41.9 Å². The van der Waals surface area contributed by atoms with Crippen LogP contribution in [0.1, 0.15) is 22.3 Å². The van der Waals surface area contributed by atoms with Crippen LogP contribution in [-0.4, -0.2) is 15.0 Å². The molecular formula is C46H30N4. The van der Waals surface area contributed by atoms with Gasteiger partial charge in [-0.1, -0.05) is 158 Å². The third-order valence-corrected chi connectivity index (χ3v) is 10.1. The van der Waals surface area contributed by atoms with Crippen LogP contribution in [0.15, 0.2) is 182 Å². The van der Waals surface area contributed by atoms with Crippen molar-refractivity contribution in [1.82, 2.24) is 15.0 Å². The lowest BCUT2D eigenvalue weighted by atomic mass is 9.64. The number of aromatic nitrogens is 3.